The van der Waals surface area contributed by atoms with E-state index in [1.807, 2.05) is 35.7 Å². The zero-order valence-corrected chi connectivity index (χ0v) is 11.8. The maximum absolute atomic E-state index is 9.33. The van der Waals surface area contributed by atoms with Crippen molar-refractivity contribution in [1.29, 1.82) is 0 Å². The monoisotopic (exact) mass is 297 g/mol. The molecule has 1 aliphatic rings. The number of ether oxygens (including phenoxy) is 2. The minimum absolute atomic E-state index is 0.256. The molecule has 1 aliphatic heterocycles. The van der Waals surface area contributed by atoms with Crippen molar-refractivity contribution in [3.05, 3.63) is 47.8 Å². The second-order valence-corrected chi connectivity index (χ2v) is 5.51. The fraction of sp³-hybridized carbons (Fsp3) is 0.0625. The highest BCUT2D eigenvalue weighted by Crippen LogP contribution is 2.37. The van der Waals surface area contributed by atoms with Gasteiger partial charge in [-0.25, -0.2) is 4.98 Å². The number of benzene rings is 2. The summed E-state index contributed by atoms with van der Waals surface area (Å²) in [5, 5.41) is 12.3. The summed E-state index contributed by atoms with van der Waals surface area (Å²) in [6, 6.07) is 12.9. The number of fused-ring (bicyclic) bond motifs is 1. The van der Waals surface area contributed by atoms with E-state index in [2.05, 4.69) is 4.98 Å². The van der Waals surface area contributed by atoms with Gasteiger partial charge in [0, 0.05) is 16.5 Å². The maximum Gasteiger partial charge on any atom is 0.231 e. The zero-order valence-electron chi connectivity index (χ0n) is 10.9. The van der Waals surface area contributed by atoms with E-state index in [0.29, 0.717) is 0 Å². The van der Waals surface area contributed by atoms with Crippen molar-refractivity contribution in [3.63, 3.8) is 0 Å². The van der Waals surface area contributed by atoms with Gasteiger partial charge in [0.15, 0.2) is 11.5 Å². The Morgan fingerprint density at radius 2 is 1.71 bits per heavy atom. The molecule has 21 heavy (non-hydrogen) atoms. The quantitative estimate of drug-likeness (QED) is 0.779. The van der Waals surface area contributed by atoms with Gasteiger partial charge in [-0.1, -0.05) is 0 Å². The maximum atomic E-state index is 9.33. The lowest BCUT2D eigenvalue weighted by atomic mass is 10.1. The van der Waals surface area contributed by atoms with E-state index in [4.69, 9.17) is 9.47 Å². The topological polar surface area (TPSA) is 51.6 Å². The second-order valence-electron chi connectivity index (χ2n) is 4.65. The number of thiazole rings is 1. The summed E-state index contributed by atoms with van der Waals surface area (Å²) in [4.78, 5) is 4.65. The third kappa shape index (κ3) is 2.21. The van der Waals surface area contributed by atoms with E-state index in [0.717, 1.165) is 33.3 Å². The van der Waals surface area contributed by atoms with E-state index in [-0.39, 0.29) is 12.5 Å². The molecule has 1 aromatic heterocycles. The molecule has 0 saturated heterocycles. The van der Waals surface area contributed by atoms with Crippen molar-refractivity contribution in [3.8, 4) is 39.1 Å². The van der Waals surface area contributed by atoms with Crippen molar-refractivity contribution in [2.24, 2.45) is 0 Å². The molecule has 1 N–H and O–H groups in total. The van der Waals surface area contributed by atoms with Crippen molar-refractivity contribution in [2.75, 3.05) is 6.79 Å². The minimum Gasteiger partial charge on any atom is -0.508 e. The Labute approximate surface area is 125 Å². The largest absolute Gasteiger partial charge is 0.508 e. The molecular weight excluding hydrogens is 286 g/mol. The van der Waals surface area contributed by atoms with Gasteiger partial charge in [-0.05, 0) is 42.5 Å². The van der Waals surface area contributed by atoms with Crippen LogP contribution in [-0.4, -0.2) is 16.9 Å². The van der Waals surface area contributed by atoms with Crippen LogP contribution in [-0.2, 0) is 0 Å². The predicted molar refractivity (Wildman–Crippen MR) is 80.8 cm³/mol. The molecule has 0 fully saturated rings. The summed E-state index contributed by atoms with van der Waals surface area (Å²) in [5.74, 6) is 1.78. The standard InChI is InChI=1S/C16H11NO3S/c18-12-4-1-10(2-5-12)16-17-13(8-21-16)11-3-6-14-15(7-11)20-9-19-14/h1-8,18H,9H2. The van der Waals surface area contributed by atoms with Gasteiger partial charge in [0.25, 0.3) is 0 Å². The summed E-state index contributed by atoms with van der Waals surface area (Å²) >= 11 is 1.57. The van der Waals surface area contributed by atoms with Crippen LogP contribution in [0.15, 0.2) is 47.8 Å². The Kier molecular flexibility index (Phi) is 2.79. The Morgan fingerprint density at radius 3 is 2.57 bits per heavy atom. The molecule has 2 aromatic carbocycles. The number of phenols is 1. The van der Waals surface area contributed by atoms with Crippen LogP contribution >= 0.6 is 11.3 Å². The molecular formula is C16H11NO3S. The van der Waals surface area contributed by atoms with E-state index in [1.165, 1.54) is 0 Å². The van der Waals surface area contributed by atoms with Gasteiger partial charge in [0.1, 0.15) is 10.8 Å². The van der Waals surface area contributed by atoms with Crippen molar-refractivity contribution in [1.82, 2.24) is 4.98 Å². The third-order valence-corrected chi connectivity index (χ3v) is 4.18. The normalized spacial score (nSPS) is 12.6. The number of aromatic nitrogens is 1. The van der Waals surface area contributed by atoms with Crippen molar-refractivity contribution in [2.45, 2.75) is 0 Å². The van der Waals surface area contributed by atoms with Crippen LogP contribution < -0.4 is 9.47 Å². The molecule has 4 rings (SSSR count). The lowest BCUT2D eigenvalue weighted by Gasteiger charge is -2.00. The first-order valence-electron chi connectivity index (χ1n) is 6.44. The molecule has 0 bridgehead atoms. The number of hydrogen-bond acceptors (Lipinski definition) is 5. The molecule has 104 valence electrons. The molecule has 0 aliphatic carbocycles. The molecule has 0 unspecified atom stereocenters. The third-order valence-electron chi connectivity index (χ3n) is 3.29. The molecule has 2 heterocycles. The highest BCUT2D eigenvalue weighted by atomic mass is 32.1. The van der Waals surface area contributed by atoms with Gasteiger partial charge in [-0.15, -0.1) is 11.3 Å². The first-order chi connectivity index (χ1) is 10.3. The molecule has 3 aromatic rings. The van der Waals surface area contributed by atoms with Crippen LogP contribution in [0.25, 0.3) is 21.8 Å². The molecule has 0 amide bonds. The molecule has 0 spiro atoms. The zero-order chi connectivity index (χ0) is 14.2. The van der Waals surface area contributed by atoms with Crippen molar-refractivity contribution < 1.29 is 14.6 Å². The van der Waals surface area contributed by atoms with Crippen LogP contribution in [0.2, 0.25) is 0 Å². The van der Waals surface area contributed by atoms with Gasteiger partial charge < -0.3 is 14.6 Å². The molecule has 5 heteroatoms. The number of aromatic hydroxyl groups is 1. The molecule has 0 saturated carbocycles. The van der Waals surface area contributed by atoms with Crippen LogP contribution in [0.3, 0.4) is 0 Å². The average molecular weight is 297 g/mol. The molecule has 0 atom stereocenters. The van der Waals surface area contributed by atoms with Crippen LogP contribution in [0, 0.1) is 0 Å². The Hall–Kier alpha value is -2.53. The van der Waals surface area contributed by atoms with Crippen LogP contribution in [0.1, 0.15) is 0 Å². The summed E-state index contributed by atoms with van der Waals surface area (Å²) in [6.45, 7) is 0.272. The Balaban J connectivity index is 1.69. The van der Waals surface area contributed by atoms with E-state index in [9.17, 15) is 5.11 Å². The fourth-order valence-electron chi connectivity index (χ4n) is 2.20. The summed E-state index contributed by atoms with van der Waals surface area (Å²) < 4.78 is 10.7. The van der Waals surface area contributed by atoms with E-state index in [1.54, 1.807) is 23.5 Å². The van der Waals surface area contributed by atoms with E-state index >= 15 is 0 Å². The first-order valence-corrected chi connectivity index (χ1v) is 7.32. The number of rotatable bonds is 2. The lowest BCUT2D eigenvalue weighted by Crippen LogP contribution is -1.92. The van der Waals surface area contributed by atoms with Crippen LogP contribution in [0.5, 0.6) is 17.2 Å². The Morgan fingerprint density at radius 1 is 0.952 bits per heavy atom. The second kappa shape index (κ2) is 4.79. The fourth-order valence-corrected chi connectivity index (χ4v) is 3.03. The number of phenolic OH excluding ortho intramolecular Hbond substituents is 1. The van der Waals surface area contributed by atoms with Gasteiger partial charge in [-0.2, -0.15) is 0 Å². The van der Waals surface area contributed by atoms with Gasteiger partial charge in [-0.3, -0.25) is 0 Å². The summed E-state index contributed by atoms with van der Waals surface area (Å²) in [7, 11) is 0. The molecule has 4 nitrogen and oxygen atoms in total. The lowest BCUT2D eigenvalue weighted by molar-refractivity contribution is 0.174. The highest BCUT2D eigenvalue weighted by molar-refractivity contribution is 7.13. The molecule has 0 radical (unpaired) electrons. The Bertz CT molecular complexity index is 796. The average Bonchev–Trinajstić information content (AvgIpc) is 3.16. The SMILES string of the molecule is Oc1ccc(-c2nc(-c3ccc4c(c3)OCO4)cs2)cc1. The van der Waals surface area contributed by atoms with E-state index < -0.39 is 0 Å². The predicted octanol–water partition coefficient (Wildman–Crippen LogP) is 3.91. The number of nitrogens with zero attached hydrogens (tertiary/aromatic N) is 1. The smallest absolute Gasteiger partial charge is 0.231 e. The summed E-state index contributed by atoms with van der Waals surface area (Å²) in [5.41, 5.74) is 2.90. The van der Waals surface area contributed by atoms with Gasteiger partial charge in [0.05, 0.1) is 5.69 Å². The van der Waals surface area contributed by atoms with Crippen molar-refractivity contribution >= 4 is 11.3 Å². The van der Waals surface area contributed by atoms with Crippen LogP contribution in [0.4, 0.5) is 0 Å². The highest BCUT2D eigenvalue weighted by Gasteiger charge is 2.15. The van der Waals surface area contributed by atoms with Gasteiger partial charge >= 0.3 is 0 Å². The number of hydrogen-bond donors (Lipinski definition) is 1. The summed E-state index contributed by atoms with van der Waals surface area (Å²) in [6.07, 6.45) is 0. The van der Waals surface area contributed by atoms with Gasteiger partial charge in [0.2, 0.25) is 6.79 Å². The minimum atomic E-state index is 0.256. The first kappa shape index (κ1) is 12.2.